The molecule has 0 spiro atoms. The highest BCUT2D eigenvalue weighted by Crippen LogP contribution is 2.32. The number of hydrogen-bond donors (Lipinski definition) is 1. The number of carboxylic acids is 1. The minimum Gasteiger partial charge on any atom is -0.489 e. The van der Waals surface area contributed by atoms with Gasteiger partial charge in [-0.15, -0.1) is 0 Å². The number of amides is 2. The Morgan fingerprint density at radius 3 is 2.46 bits per heavy atom. The fourth-order valence-electron chi connectivity index (χ4n) is 4.09. The van der Waals surface area contributed by atoms with E-state index >= 15 is 0 Å². The van der Waals surface area contributed by atoms with Crippen LogP contribution in [0.15, 0.2) is 36.4 Å². The van der Waals surface area contributed by atoms with E-state index in [1.165, 1.54) is 12.1 Å². The van der Waals surface area contributed by atoms with Gasteiger partial charge in [-0.1, -0.05) is 42.3 Å². The van der Waals surface area contributed by atoms with Crippen LogP contribution in [0.25, 0.3) is 0 Å². The Morgan fingerprint density at radius 1 is 1.14 bits per heavy atom. The molecule has 1 fully saturated rings. The maximum Gasteiger partial charge on any atom is 0.305 e. The molecule has 0 bridgehead atoms. The van der Waals surface area contributed by atoms with Gasteiger partial charge >= 0.3 is 5.97 Å². The number of imide groups is 1. The SMILES string of the molecule is CCCN(Cc1ccc(OCCN2C(=O)CCC2=O)c(F)c1)C(CC(=O)O)c1ccc(Cl)c(Cl)c1. The van der Waals surface area contributed by atoms with Gasteiger partial charge in [0.15, 0.2) is 11.6 Å². The molecule has 10 heteroatoms. The van der Waals surface area contributed by atoms with Gasteiger partial charge in [0.2, 0.25) is 11.8 Å². The molecule has 1 N–H and O–H groups in total. The number of nitrogens with zero attached hydrogens (tertiary/aromatic N) is 2. The van der Waals surface area contributed by atoms with Gasteiger partial charge < -0.3 is 9.84 Å². The third-order valence-electron chi connectivity index (χ3n) is 5.76. The molecule has 1 aliphatic heterocycles. The number of ether oxygens (including phenoxy) is 1. The molecule has 1 atom stereocenters. The largest absolute Gasteiger partial charge is 0.489 e. The molecule has 7 nitrogen and oxygen atoms in total. The Kier molecular flexibility index (Phi) is 9.48. The molecule has 2 aromatic rings. The van der Waals surface area contributed by atoms with Crippen LogP contribution in [0.3, 0.4) is 0 Å². The summed E-state index contributed by atoms with van der Waals surface area (Å²) in [7, 11) is 0. The van der Waals surface area contributed by atoms with Crippen molar-refractivity contribution >= 4 is 41.0 Å². The number of carbonyl (C=O) groups excluding carboxylic acids is 2. The maximum atomic E-state index is 14.8. The van der Waals surface area contributed by atoms with E-state index in [9.17, 15) is 23.9 Å². The van der Waals surface area contributed by atoms with E-state index in [0.29, 0.717) is 34.3 Å². The van der Waals surface area contributed by atoms with E-state index in [4.69, 9.17) is 27.9 Å². The number of halogens is 3. The van der Waals surface area contributed by atoms with Crippen molar-refractivity contribution in [3.05, 3.63) is 63.4 Å². The zero-order chi connectivity index (χ0) is 25.5. The van der Waals surface area contributed by atoms with Crippen LogP contribution in [0.2, 0.25) is 10.0 Å². The minimum absolute atomic E-state index is 0.00623. The van der Waals surface area contributed by atoms with Gasteiger partial charge in [-0.25, -0.2) is 4.39 Å². The van der Waals surface area contributed by atoms with Crippen LogP contribution in [0.4, 0.5) is 4.39 Å². The van der Waals surface area contributed by atoms with E-state index in [-0.39, 0.29) is 50.0 Å². The second kappa shape index (κ2) is 12.3. The van der Waals surface area contributed by atoms with Gasteiger partial charge in [0, 0.05) is 25.4 Å². The van der Waals surface area contributed by atoms with Gasteiger partial charge in [0.1, 0.15) is 6.61 Å². The summed E-state index contributed by atoms with van der Waals surface area (Å²) in [5, 5.41) is 10.2. The first-order valence-corrected chi connectivity index (χ1v) is 12.1. The summed E-state index contributed by atoms with van der Waals surface area (Å²) in [5.74, 6) is -2.03. The van der Waals surface area contributed by atoms with Crippen LogP contribution in [0.5, 0.6) is 5.75 Å². The second-order valence-electron chi connectivity index (χ2n) is 8.31. The van der Waals surface area contributed by atoms with Crippen molar-refractivity contribution in [2.75, 3.05) is 19.7 Å². The number of carboxylic acid groups (broad SMARTS) is 1. The summed E-state index contributed by atoms with van der Waals surface area (Å²) >= 11 is 12.2. The molecule has 2 amide bonds. The lowest BCUT2D eigenvalue weighted by Crippen LogP contribution is -2.33. The minimum atomic E-state index is -0.966. The number of aliphatic carboxylic acids is 1. The van der Waals surface area contributed by atoms with Crippen LogP contribution in [-0.4, -0.2) is 52.4 Å². The van der Waals surface area contributed by atoms with E-state index in [2.05, 4.69) is 0 Å². The molecule has 1 unspecified atom stereocenters. The van der Waals surface area contributed by atoms with Gasteiger partial charge in [-0.2, -0.15) is 0 Å². The zero-order valence-electron chi connectivity index (χ0n) is 19.3. The predicted octanol–water partition coefficient (Wildman–Crippen LogP) is 5.09. The Hall–Kier alpha value is -2.68. The van der Waals surface area contributed by atoms with Crippen molar-refractivity contribution < 1.29 is 28.6 Å². The van der Waals surface area contributed by atoms with Crippen molar-refractivity contribution in [1.82, 2.24) is 9.80 Å². The van der Waals surface area contributed by atoms with Crippen molar-refractivity contribution in [3.63, 3.8) is 0 Å². The molecule has 188 valence electrons. The van der Waals surface area contributed by atoms with Crippen LogP contribution >= 0.6 is 23.2 Å². The standard InChI is InChI=1S/C25H27Cl2FN2O5/c1-2-9-29(21(14-25(33)34)17-4-5-18(26)19(27)13-17)15-16-3-6-22(20(28)12-16)35-11-10-30-23(31)7-8-24(30)32/h3-6,12-13,21H,2,7-11,14-15H2,1H3,(H,33,34). The molecule has 35 heavy (non-hydrogen) atoms. The van der Waals surface area contributed by atoms with Crippen molar-refractivity contribution in [2.45, 2.75) is 45.2 Å². The number of benzene rings is 2. The van der Waals surface area contributed by atoms with E-state index in [1.54, 1.807) is 24.3 Å². The monoisotopic (exact) mass is 524 g/mol. The first-order chi connectivity index (χ1) is 16.7. The first-order valence-electron chi connectivity index (χ1n) is 11.3. The predicted molar refractivity (Wildman–Crippen MR) is 130 cm³/mol. The molecule has 0 aromatic heterocycles. The fourth-order valence-corrected chi connectivity index (χ4v) is 4.40. The summed E-state index contributed by atoms with van der Waals surface area (Å²) in [6.45, 7) is 2.93. The smallest absolute Gasteiger partial charge is 0.305 e. The zero-order valence-corrected chi connectivity index (χ0v) is 20.8. The molecule has 3 rings (SSSR count). The number of carbonyl (C=O) groups is 3. The maximum absolute atomic E-state index is 14.8. The van der Waals surface area contributed by atoms with Crippen molar-refractivity contribution in [3.8, 4) is 5.75 Å². The Balaban J connectivity index is 1.72. The lowest BCUT2D eigenvalue weighted by Gasteiger charge is -2.31. The third kappa shape index (κ3) is 7.16. The second-order valence-corrected chi connectivity index (χ2v) is 9.12. The summed E-state index contributed by atoms with van der Waals surface area (Å²) in [5.41, 5.74) is 1.35. The summed E-state index contributed by atoms with van der Waals surface area (Å²) in [6, 6.07) is 9.10. The highest BCUT2D eigenvalue weighted by Gasteiger charge is 2.28. The highest BCUT2D eigenvalue weighted by atomic mass is 35.5. The fraction of sp³-hybridized carbons (Fsp3) is 0.400. The van der Waals surface area contributed by atoms with Gasteiger partial charge in [-0.3, -0.25) is 24.2 Å². The molecule has 0 aliphatic carbocycles. The number of hydrogen-bond acceptors (Lipinski definition) is 5. The number of likely N-dealkylation sites (tertiary alicyclic amines) is 1. The van der Waals surface area contributed by atoms with Crippen molar-refractivity contribution in [2.24, 2.45) is 0 Å². The normalized spacial score (nSPS) is 14.6. The molecule has 1 saturated heterocycles. The quantitative estimate of drug-likeness (QED) is 0.389. The van der Waals surface area contributed by atoms with E-state index < -0.39 is 17.8 Å². The number of rotatable bonds is 12. The average molecular weight is 525 g/mol. The molecule has 1 heterocycles. The lowest BCUT2D eigenvalue weighted by molar-refractivity contribution is -0.140. The average Bonchev–Trinajstić information content (AvgIpc) is 3.12. The Bertz CT molecular complexity index is 1080. The van der Waals surface area contributed by atoms with Gasteiger partial charge in [0.05, 0.1) is 23.0 Å². The first kappa shape index (κ1) is 26.9. The Labute approximate surface area is 213 Å². The van der Waals surface area contributed by atoms with Gasteiger partial charge in [0.25, 0.3) is 0 Å². The summed E-state index contributed by atoms with van der Waals surface area (Å²) in [6.07, 6.45) is 0.993. The summed E-state index contributed by atoms with van der Waals surface area (Å²) < 4.78 is 20.2. The van der Waals surface area contributed by atoms with E-state index in [0.717, 1.165) is 11.3 Å². The molecule has 0 radical (unpaired) electrons. The van der Waals surface area contributed by atoms with Crippen LogP contribution in [0, 0.1) is 5.82 Å². The molecule has 1 aliphatic rings. The van der Waals surface area contributed by atoms with Crippen molar-refractivity contribution in [1.29, 1.82) is 0 Å². The molecular formula is C25H27Cl2FN2O5. The molecule has 2 aromatic carbocycles. The van der Waals surface area contributed by atoms with Crippen LogP contribution < -0.4 is 4.74 Å². The topological polar surface area (TPSA) is 87.2 Å². The van der Waals surface area contributed by atoms with Crippen LogP contribution in [0.1, 0.15) is 49.8 Å². The molecular weight excluding hydrogens is 498 g/mol. The highest BCUT2D eigenvalue weighted by molar-refractivity contribution is 6.42. The molecule has 0 saturated carbocycles. The van der Waals surface area contributed by atoms with Crippen LogP contribution in [-0.2, 0) is 20.9 Å². The lowest BCUT2D eigenvalue weighted by atomic mass is 10.0. The van der Waals surface area contributed by atoms with E-state index in [1.807, 2.05) is 11.8 Å². The summed E-state index contributed by atoms with van der Waals surface area (Å²) in [4.78, 5) is 38.1. The van der Waals surface area contributed by atoms with Gasteiger partial charge in [-0.05, 0) is 48.4 Å². The third-order valence-corrected chi connectivity index (χ3v) is 6.50. The Morgan fingerprint density at radius 2 is 1.86 bits per heavy atom.